The van der Waals surface area contributed by atoms with Crippen molar-refractivity contribution in [2.24, 2.45) is 0 Å². The van der Waals surface area contributed by atoms with Gasteiger partial charge in [0, 0.05) is 25.2 Å². The number of carbonyl (C=O) groups excluding carboxylic acids is 1. The van der Waals surface area contributed by atoms with E-state index in [9.17, 15) is 4.79 Å². The lowest BCUT2D eigenvalue weighted by Gasteiger charge is -2.10. The molecule has 0 saturated carbocycles. The summed E-state index contributed by atoms with van der Waals surface area (Å²) >= 11 is 0. The van der Waals surface area contributed by atoms with E-state index in [-0.39, 0.29) is 5.91 Å². The molecule has 1 amide bonds. The maximum absolute atomic E-state index is 11.9. The minimum atomic E-state index is -0.0977. The number of nitrogens with zero attached hydrogens (tertiary/aromatic N) is 1. The number of benzene rings is 1. The zero-order valence-corrected chi connectivity index (χ0v) is 9.99. The molecule has 1 aromatic rings. The third-order valence-corrected chi connectivity index (χ3v) is 2.29. The van der Waals surface area contributed by atoms with Crippen LogP contribution in [-0.2, 0) is 0 Å². The van der Waals surface area contributed by atoms with Crippen molar-refractivity contribution in [3.8, 4) is 6.07 Å². The van der Waals surface area contributed by atoms with Crippen LogP contribution in [0.15, 0.2) is 24.3 Å². The van der Waals surface area contributed by atoms with Crippen LogP contribution in [0.5, 0.6) is 0 Å². The molecule has 0 saturated heterocycles. The number of rotatable bonds is 6. The zero-order chi connectivity index (χ0) is 12.5. The summed E-state index contributed by atoms with van der Waals surface area (Å²) in [4.78, 5) is 11.9. The molecule has 1 aromatic carbocycles. The summed E-state index contributed by atoms with van der Waals surface area (Å²) in [5, 5.41) is 14.3. The van der Waals surface area contributed by atoms with Crippen LogP contribution in [0.2, 0.25) is 0 Å². The summed E-state index contributed by atoms with van der Waals surface area (Å²) in [6, 6.07) is 9.45. The Bertz CT molecular complexity index is 409. The van der Waals surface area contributed by atoms with Gasteiger partial charge in [-0.3, -0.25) is 4.79 Å². The molecule has 90 valence electrons. The quantitative estimate of drug-likeness (QED) is 0.737. The van der Waals surface area contributed by atoms with Gasteiger partial charge >= 0.3 is 0 Å². The minimum Gasteiger partial charge on any atom is -0.385 e. The van der Waals surface area contributed by atoms with Crippen molar-refractivity contribution in [3.05, 3.63) is 29.8 Å². The fraction of sp³-hybridized carbons (Fsp3) is 0.385. The fourth-order valence-corrected chi connectivity index (χ4v) is 1.49. The van der Waals surface area contributed by atoms with E-state index >= 15 is 0 Å². The molecule has 0 bridgehead atoms. The second-order valence-corrected chi connectivity index (χ2v) is 3.59. The van der Waals surface area contributed by atoms with Gasteiger partial charge in [-0.1, -0.05) is 12.1 Å². The van der Waals surface area contributed by atoms with Crippen LogP contribution in [-0.4, -0.2) is 19.0 Å². The second-order valence-electron chi connectivity index (χ2n) is 3.59. The Hall–Kier alpha value is -2.02. The van der Waals surface area contributed by atoms with E-state index in [0.717, 1.165) is 12.2 Å². The highest BCUT2D eigenvalue weighted by Crippen LogP contribution is 2.14. The van der Waals surface area contributed by atoms with Crippen LogP contribution in [0.4, 0.5) is 5.69 Å². The predicted octanol–water partition coefficient (Wildman–Crippen LogP) is 2.15. The number of nitriles is 1. The molecule has 0 aromatic heterocycles. The lowest BCUT2D eigenvalue weighted by Crippen LogP contribution is -2.25. The fourth-order valence-electron chi connectivity index (χ4n) is 1.49. The smallest absolute Gasteiger partial charge is 0.253 e. The molecule has 0 aliphatic carbocycles. The zero-order valence-electron chi connectivity index (χ0n) is 9.99. The first-order chi connectivity index (χ1) is 8.29. The predicted molar refractivity (Wildman–Crippen MR) is 67.8 cm³/mol. The Morgan fingerprint density at radius 3 is 2.88 bits per heavy atom. The first-order valence-corrected chi connectivity index (χ1v) is 5.77. The second kappa shape index (κ2) is 7.29. The van der Waals surface area contributed by atoms with Crippen molar-refractivity contribution in [1.29, 1.82) is 5.26 Å². The van der Waals surface area contributed by atoms with Crippen molar-refractivity contribution < 1.29 is 4.79 Å². The van der Waals surface area contributed by atoms with E-state index in [4.69, 9.17) is 5.26 Å². The van der Waals surface area contributed by atoms with Gasteiger partial charge in [-0.25, -0.2) is 0 Å². The summed E-state index contributed by atoms with van der Waals surface area (Å²) in [5.41, 5.74) is 1.49. The highest BCUT2D eigenvalue weighted by atomic mass is 16.1. The van der Waals surface area contributed by atoms with Gasteiger partial charge in [0.25, 0.3) is 5.91 Å². The van der Waals surface area contributed by atoms with Gasteiger partial charge in [-0.05, 0) is 25.5 Å². The molecule has 0 spiro atoms. The molecule has 0 heterocycles. The third-order valence-electron chi connectivity index (χ3n) is 2.29. The van der Waals surface area contributed by atoms with Gasteiger partial charge in [0.05, 0.1) is 11.6 Å². The average molecular weight is 231 g/mol. The normalized spacial score (nSPS) is 9.41. The number of unbranched alkanes of at least 4 members (excludes halogenated alkanes) is 1. The van der Waals surface area contributed by atoms with Crippen LogP contribution in [0, 0.1) is 11.3 Å². The van der Waals surface area contributed by atoms with E-state index < -0.39 is 0 Å². The van der Waals surface area contributed by atoms with Gasteiger partial charge in [-0.2, -0.15) is 5.26 Å². The lowest BCUT2D eigenvalue weighted by atomic mass is 10.1. The van der Waals surface area contributed by atoms with Gasteiger partial charge in [-0.15, -0.1) is 0 Å². The number of nitrogens with one attached hydrogen (secondary N) is 2. The molecule has 2 N–H and O–H groups in total. The Morgan fingerprint density at radius 1 is 1.41 bits per heavy atom. The van der Waals surface area contributed by atoms with Crippen molar-refractivity contribution >= 4 is 11.6 Å². The highest BCUT2D eigenvalue weighted by molar-refractivity contribution is 5.99. The summed E-state index contributed by atoms with van der Waals surface area (Å²) in [7, 11) is 0. The van der Waals surface area contributed by atoms with E-state index in [0.29, 0.717) is 24.9 Å². The first-order valence-electron chi connectivity index (χ1n) is 5.77. The molecule has 0 atom stereocenters. The molecule has 0 radical (unpaired) electrons. The molecule has 0 fully saturated rings. The lowest BCUT2D eigenvalue weighted by molar-refractivity contribution is 0.0954. The Morgan fingerprint density at radius 2 is 2.18 bits per heavy atom. The molecule has 1 rings (SSSR count). The number of para-hydroxylation sites is 1. The SMILES string of the molecule is CCNc1ccccc1C(=O)NCCCC#N. The average Bonchev–Trinajstić information content (AvgIpc) is 2.35. The highest BCUT2D eigenvalue weighted by Gasteiger charge is 2.08. The molecule has 0 unspecified atom stereocenters. The van der Waals surface area contributed by atoms with Crippen LogP contribution in [0.25, 0.3) is 0 Å². The number of carbonyl (C=O) groups is 1. The number of amides is 1. The van der Waals surface area contributed by atoms with Crippen LogP contribution < -0.4 is 10.6 Å². The largest absolute Gasteiger partial charge is 0.385 e. The Kier molecular flexibility index (Phi) is 5.59. The molecule has 17 heavy (non-hydrogen) atoms. The molecule has 4 nitrogen and oxygen atoms in total. The summed E-state index contributed by atoms with van der Waals surface area (Å²) < 4.78 is 0. The summed E-state index contributed by atoms with van der Waals surface area (Å²) in [5.74, 6) is -0.0977. The molecule has 4 heteroatoms. The van der Waals surface area contributed by atoms with Gasteiger partial charge in [0.1, 0.15) is 0 Å². The third kappa shape index (κ3) is 4.15. The van der Waals surface area contributed by atoms with Crippen LogP contribution in [0.1, 0.15) is 30.1 Å². The monoisotopic (exact) mass is 231 g/mol. The van der Waals surface area contributed by atoms with Gasteiger partial charge in [0.15, 0.2) is 0 Å². The Balaban J connectivity index is 2.59. The van der Waals surface area contributed by atoms with E-state index in [1.54, 1.807) is 6.07 Å². The maximum atomic E-state index is 11.9. The molecular formula is C13H17N3O. The van der Waals surface area contributed by atoms with Gasteiger partial charge < -0.3 is 10.6 Å². The molecule has 0 aliphatic rings. The van der Waals surface area contributed by atoms with E-state index in [2.05, 4.69) is 10.6 Å². The van der Waals surface area contributed by atoms with Crippen molar-refractivity contribution in [2.75, 3.05) is 18.4 Å². The summed E-state index contributed by atoms with van der Waals surface area (Å²) in [6.07, 6.45) is 1.15. The Labute approximate surface area is 102 Å². The van der Waals surface area contributed by atoms with E-state index in [1.807, 2.05) is 31.2 Å². The van der Waals surface area contributed by atoms with Crippen LogP contribution >= 0.6 is 0 Å². The van der Waals surface area contributed by atoms with Crippen molar-refractivity contribution in [1.82, 2.24) is 5.32 Å². The first kappa shape index (κ1) is 13.0. The number of anilines is 1. The summed E-state index contributed by atoms with van der Waals surface area (Å²) in [6.45, 7) is 3.30. The number of hydrogen-bond acceptors (Lipinski definition) is 3. The van der Waals surface area contributed by atoms with Crippen LogP contribution in [0.3, 0.4) is 0 Å². The molecule has 0 aliphatic heterocycles. The minimum absolute atomic E-state index is 0.0977. The number of hydrogen-bond donors (Lipinski definition) is 2. The van der Waals surface area contributed by atoms with Crippen molar-refractivity contribution in [2.45, 2.75) is 19.8 Å². The van der Waals surface area contributed by atoms with E-state index in [1.165, 1.54) is 0 Å². The topological polar surface area (TPSA) is 64.9 Å². The standard InChI is InChI=1S/C13H17N3O/c1-2-15-12-8-4-3-7-11(12)13(17)16-10-6-5-9-14/h3-4,7-8,15H,2,5-6,10H2,1H3,(H,16,17). The van der Waals surface area contributed by atoms with Gasteiger partial charge in [0.2, 0.25) is 0 Å². The van der Waals surface area contributed by atoms with Crippen molar-refractivity contribution in [3.63, 3.8) is 0 Å². The maximum Gasteiger partial charge on any atom is 0.253 e. The molecular weight excluding hydrogens is 214 g/mol.